The Bertz CT molecular complexity index is 497. The molecule has 1 aliphatic heterocycles. The second-order valence-electron chi connectivity index (χ2n) is 5.30. The van der Waals surface area contributed by atoms with Gasteiger partial charge in [0.2, 0.25) is 0 Å². The molecule has 106 valence electrons. The molecule has 5 heteroatoms. The van der Waals surface area contributed by atoms with Crippen LogP contribution in [-0.4, -0.2) is 44.5 Å². The van der Waals surface area contributed by atoms with Crippen LogP contribution in [0.15, 0.2) is 24.3 Å². The summed E-state index contributed by atoms with van der Waals surface area (Å²) in [6.07, 6.45) is 0.864. The van der Waals surface area contributed by atoms with Crippen LogP contribution in [0.5, 0.6) is 0 Å². The summed E-state index contributed by atoms with van der Waals surface area (Å²) in [5.74, 6) is 0.569. The quantitative estimate of drug-likeness (QED) is 0.899. The summed E-state index contributed by atoms with van der Waals surface area (Å²) in [6.45, 7) is 4.21. The van der Waals surface area contributed by atoms with Crippen LogP contribution in [0.1, 0.15) is 23.6 Å². The summed E-state index contributed by atoms with van der Waals surface area (Å²) in [6, 6.07) is 8.31. The lowest BCUT2D eigenvalue weighted by Crippen LogP contribution is -2.41. The lowest BCUT2D eigenvalue weighted by atomic mass is 10.0. The van der Waals surface area contributed by atoms with Crippen molar-refractivity contribution in [3.8, 4) is 0 Å². The normalized spacial score (nSPS) is 21.2. The van der Waals surface area contributed by atoms with Gasteiger partial charge in [0.15, 0.2) is 9.84 Å². The zero-order valence-electron chi connectivity index (χ0n) is 11.4. The Morgan fingerprint density at radius 3 is 2.37 bits per heavy atom. The van der Waals surface area contributed by atoms with E-state index in [1.807, 2.05) is 0 Å². The molecule has 0 saturated carbocycles. The second-order valence-corrected chi connectivity index (χ2v) is 7.60. The van der Waals surface area contributed by atoms with Gasteiger partial charge in [-0.3, -0.25) is 0 Å². The van der Waals surface area contributed by atoms with E-state index >= 15 is 0 Å². The molecule has 2 rings (SSSR count). The highest BCUT2D eigenvalue weighted by Crippen LogP contribution is 2.16. The summed E-state index contributed by atoms with van der Waals surface area (Å²) in [4.78, 5) is 2.19. The van der Waals surface area contributed by atoms with E-state index in [9.17, 15) is 8.42 Å². The highest BCUT2D eigenvalue weighted by Gasteiger charge is 2.21. The Balaban J connectivity index is 1.81. The van der Waals surface area contributed by atoms with Crippen molar-refractivity contribution < 1.29 is 8.42 Å². The van der Waals surface area contributed by atoms with Crippen molar-refractivity contribution in [1.29, 1.82) is 0 Å². The Morgan fingerprint density at radius 2 is 1.79 bits per heavy atom. The molecule has 1 aliphatic rings. The van der Waals surface area contributed by atoms with Gasteiger partial charge in [-0.25, -0.2) is 8.42 Å². The molecule has 0 spiro atoms. The summed E-state index contributed by atoms with van der Waals surface area (Å²) in [7, 11) is -2.78. The van der Waals surface area contributed by atoms with E-state index in [0.29, 0.717) is 13.1 Å². The van der Waals surface area contributed by atoms with E-state index < -0.39 is 9.84 Å². The fourth-order valence-electron chi connectivity index (χ4n) is 2.28. The molecular weight excluding hydrogens is 260 g/mol. The molecule has 0 bridgehead atoms. The molecular formula is C14H22N2O2S. The van der Waals surface area contributed by atoms with Gasteiger partial charge in [-0.1, -0.05) is 29.8 Å². The third kappa shape index (κ3) is 4.30. The fourth-order valence-corrected chi connectivity index (χ4v) is 3.55. The van der Waals surface area contributed by atoms with E-state index in [-0.39, 0.29) is 17.5 Å². The molecule has 0 aromatic heterocycles. The van der Waals surface area contributed by atoms with E-state index in [2.05, 4.69) is 36.1 Å². The predicted molar refractivity (Wildman–Crippen MR) is 77.8 cm³/mol. The fraction of sp³-hybridized carbons (Fsp3) is 0.571. The second kappa shape index (κ2) is 6.03. The first kappa shape index (κ1) is 14.5. The number of nitrogens with zero attached hydrogens (tertiary/aromatic N) is 1. The molecule has 1 saturated heterocycles. The first-order valence-corrected chi connectivity index (χ1v) is 8.53. The Labute approximate surface area is 115 Å². The molecule has 4 nitrogen and oxygen atoms in total. The van der Waals surface area contributed by atoms with Crippen molar-refractivity contribution >= 4 is 9.84 Å². The molecule has 1 aromatic carbocycles. The van der Waals surface area contributed by atoms with Crippen molar-refractivity contribution in [3.63, 3.8) is 0 Å². The van der Waals surface area contributed by atoms with Gasteiger partial charge in [-0.05, 0) is 18.9 Å². The van der Waals surface area contributed by atoms with Crippen molar-refractivity contribution in [1.82, 2.24) is 4.90 Å². The summed E-state index contributed by atoms with van der Waals surface area (Å²) in [5.41, 5.74) is 8.55. The highest BCUT2D eigenvalue weighted by molar-refractivity contribution is 7.91. The lowest BCUT2D eigenvalue weighted by Gasteiger charge is -2.27. The van der Waals surface area contributed by atoms with Crippen molar-refractivity contribution in [2.24, 2.45) is 5.73 Å². The van der Waals surface area contributed by atoms with E-state index in [0.717, 1.165) is 18.5 Å². The Kier molecular flexibility index (Phi) is 4.60. The van der Waals surface area contributed by atoms with E-state index in [1.165, 1.54) is 5.56 Å². The zero-order chi connectivity index (χ0) is 13.9. The third-order valence-electron chi connectivity index (χ3n) is 3.70. The third-order valence-corrected chi connectivity index (χ3v) is 5.31. The van der Waals surface area contributed by atoms with Crippen molar-refractivity contribution in [2.45, 2.75) is 19.4 Å². The monoisotopic (exact) mass is 282 g/mol. The topological polar surface area (TPSA) is 63.4 Å². The average Bonchev–Trinajstić information content (AvgIpc) is 2.38. The van der Waals surface area contributed by atoms with Gasteiger partial charge in [0.05, 0.1) is 11.5 Å². The standard InChI is InChI=1S/C14H22N2O2S/c1-12-2-4-13(5-3-12)14(15)6-7-16-8-10-19(17,18)11-9-16/h2-5,14H,6-11,15H2,1H3. The van der Waals surface area contributed by atoms with E-state index in [4.69, 9.17) is 5.73 Å². The maximum atomic E-state index is 11.3. The van der Waals surface area contributed by atoms with Gasteiger partial charge in [-0.15, -0.1) is 0 Å². The molecule has 1 heterocycles. The molecule has 19 heavy (non-hydrogen) atoms. The smallest absolute Gasteiger partial charge is 0.152 e. The number of nitrogens with two attached hydrogens (primary N) is 1. The molecule has 1 aromatic rings. The molecule has 0 amide bonds. The number of rotatable bonds is 4. The van der Waals surface area contributed by atoms with Crippen molar-refractivity contribution in [2.75, 3.05) is 31.1 Å². The first-order valence-electron chi connectivity index (χ1n) is 6.71. The molecule has 1 unspecified atom stereocenters. The minimum Gasteiger partial charge on any atom is -0.324 e. The van der Waals surface area contributed by atoms with Gasteiger partial charge in [0.1, 0.15) is 0 Å². The van der Waals surface area contributed by atoms with Crippen LogP contribution in [0, 0.1) is 6.92 Å². The average molecular weight is 282 g/mol. The van der Waals surface area contributed by atoms with Crippen LogP contribution in [0.4, 0.5) is 0 Å². The van der Waals surface area contributed by atoms with Crippen LogP contribution < -0.4 is 5.73 Å². The van der Waals surface area contributed by atoms with Crippen LogP contribution in [0.2, 0.25) is 0 Å². The predicted octanol–water partition coefficient (Wildman–Crippen LogP) is 1.12. The van der Waals surface area contributed by atoms with Crippen LogP contribution >= 0.6 is 0 Å². The maximum absolute atomic E-state index is 11.3. The summed E-state index contributed by atoms with van der Waals surface area (Å²) < 4.78 is 22.7. The van der Waals surface area contributed by atoms with Gasteiger partial charge in [-0.2, -0.15) is 0 Å². The molecule has 1 atom stereocenters. The number of hydrogen-bond acceptors (Lipinski definition) is 4. The number of aryl methyl sites for hydroxylation is 1. The molecule has 0 aliphatic carbocycles. The maximum Gasteiger partial charge on any atom is 0.152 e. The first-order chi connectivity index (χ1) is 8.96. The SMILES string of the molecule is Cc1ccc(C(N)CCN2CCS(=O)(=O)CC2)cc1. The largest absolute Gasteiger partial charge is 0.324 e. The van der Waals surface area contributed by atoms with Gasteiger partial charge in [0, 0.05) is 25.7 Å². The summed E-state index contributed by atoms with van der Waals surface area (Å²) >= 11 is 0. The zero-order valence-corrected chi connectivity index (χ0v) is 12.2. The molecule has 0 radical (unpaired) electrons. The van der Waals surface area contributed by atoms with Crippen LogP contribution in [-0.2, 0) is 9.84 Å². The minimum absolute atomic E-state index is 0.0270. The van der Waals surface area contributed by atoms with Crippen molar-refractivity contribution in [3.05, 3.63) is 35.4 Å². The summed E-state index contributed by atoms with van der Waals surface area (Å²) in [5, 5.41) is 0. The van der Waals surface area contributed by atoms with E-state index in [1.54, 1.807) is 0 Å². The van der Waals surface area contributed by atoms with Gasteiger partial charge in [0.25, 0.3) is 0 Å². The minimum atomic E-state index is -2.78. The highest BCUT2D eigenvalue weighted by atomic mass is 32.2. The number of sulfone groups is 1. The molecule has 1 fully saturated rings. The Morgan fingerprint density at radius 1 is 1.21 bits per heavy atom. The molecule has 2 N–H and O–H groups in total. The van der Waals surface area contributed by atoms with Gasteiger partial charge < -0.3 is 10.6 Å². The van der Waals surface area contributed by atoms with Crippen LogP contribution in [0.25, 0.3) is 0 Å². The van der Waals surface area contributed by atoms with Crippen LogP contribution in [0.3, 0.4) is 0 Å². The number of hydrogen-bond donors (Lipinski definition) is 1. The van der Waals surface area contributed by atoms with Gasteiger partial charge >= 0.3 is 0 Å². The number of benzene rings is 1. The lowest BCUT2D eigenvalue weighted by molar-refractivity contribution is 0.283. The Hall–Kier alpha value is -0.910.